The average molecular weight is 169 g/mol. The lowest BCUT2D eigenvalue weighted by Crippen LogP contribution is -2.27. The third-order valence-corrected chi connectivity index (χ3v) is 1.64. The minimum atomic E-state index is 0.218. The Kier molecular flexibility index (Phi) is 8.20. The first-order valence-corrected chi connectivity index (χ1v) is 4.62. The van der Waals surface area contributed by atoms with Crippen LogP contribution in [-0.2, 0) is 4.74 Å². The van der Waals surface area contributed by atoms with Gasteiger partial charge in [-0.1, -0.05) is 12.8 Å². The van der Waals surface area contributed by atoms with Crippen LogP contribution >= 0.6 is 0 Å². The molecule has 1 unspecified atom stereocenters. The van der Waals surface area contributed by atoms with E-state index in [1.54, 1.807) is 0 Å². The molecule has 0 spiro atoms. The van der Waals surface area contributed by atoms with Crippen molar-refractivity contribution in [2.75, 3.05) is 19.8 Å². The zero-order valence-corrected chi connectivity index (χ0v) is 8.10. The van der Waals surface area contributed by atoms with Crippen LogP contribution in [0.1, 0.15) is 26.7 Å². The van der Waals surface area contributed by atoms with Gasteiger partial charge in [0.05, 0.1) is 6.04 Å². The van der Waals surface area contributed by atoms with E-state index >= 15 is 0 Å². The SMILES string of the molecule is C#CC(CCCOCC)NCC. The zero-order valence-electron chi connectivity index (χ0n) is 8.10. The highest BCUT2D eigenvalue weighted by Gasteiger charge is 2.00. The van der Waals surface area contributed by atoms with Crippen LogP contribution in [0.5, 0.6) is 0 Å². The number of ether oxygens (including phenoxy) is 1. The lowest BCUT2D eigenvalue weighted by atomic mass is 10.2. The molecule has 0 fully saturated rings. The molecule has 70 valence electrons. The highest BCUT2D eigenvalue weighted by molar-refractivity contribution is 4.98. The maximum atomic E-state index is 5.32. The van der Waals surface area contributed by atoms with E-state index in [2.05, 4.69) is 18.2 Å². The largest absolute Gasteiger partial charge is 0.382 e. The first kappa shape index (κ1) is 11.5. The van der Waals surface area contributed by atoms with Gasteiger partial charge in [0, 0.05) is 13.2 Å². The van der Waals surface area contributed by atoms with Crippen molar-refractivity contribution in [2.45, 2.75) is 32.7 Å². The molecular weight excluding hydrogens is 150 g/mol. The van der Waals surface area contributed by atoms with Gasteiger partial charge >= 0.3 is 0 Å². The van der Waals surface area contributed by atoms with Crippen LogP contribution in [0.4, 0.5) is 0 Å². The fourth-order valence-electron chi connectivity index (χ4n) is 1.02. The van der Waals surface area contributed by atoms with Crippen molar-refractivity contribution < 1.29 is 4.74 Å². The molecule has 2 heteroatoms. The van der Waals surface area contributed by atoms with Crippen molar-refractivity contribution in [1.82, 2.24) is 5.32 Å². The van der Waals surface area contributed by atoms with Gasteiger partial charge in [-0.3, -0.25) is 0 Å². The highest BCUT2D eigenvalue weighted by atomic mass is 16.5. The van der Waals surface area contributed by atoms with Crippen LogP contribution in [0.3, 0.4) is 0 Å². The van der Waals surface area contributed by atoms with Crippen LogP contribution in [0.15, 0.2) is 0 Å². The number of terminal acetylenes is 1. The number of nitrogens with one attached hydrogen (secondary N) is 1. The van der Waals surface area contributed by atoms with E-state index in [4.69, 9.17) is 11.2 Å². The predicted octanol–water partition coefficient (Wildman–Crippen LogP) is 1.41. The average Bonchev–Trinajstić information content (AvgIpc) is 2.10. The summed E-state index contributed by atoms with van der Waals surface area (Å²) in [6.45, 7) is 6.61. The first-order chi connectivity index (χ1) is 5.85. The third-order valence-electron chi connectivity index (χ3n) is 1.64. The van der Waals surface area contributed by atoms with Crippen LogP contribution < -0.4 is 5.32 Å². The molecule has 0 aromatic rings. The molecule has 2 nitrogen and oxygen atoms in total. The summed E-state index contributed by atoms with van der Waals surface area (Å²) in [5.74, 6) is 2.71. The van der Waals surface area contributed by atoms with Gasteiger partial charge in [-0.15, -0.1) is 6.42 Å². The molecule has 1 atom stereocenters. The molecule has 0 aromatic carbocycles. The van der Waals surface area contributed by atoms with Crippen molar-refractivity contribution in [2.24, 2.45) is 0 Å². The molecule has 0 saturated heterocycles. The molecule has 1 N–H and O–H groups in total. The Morgan fingerprint density at radius 3 is 2.75 bits per heavy atom. The van der Waals surface area contributed by atoms with Gasteiger partial charge in [-0.05, 0) is 26.3 Å². The second-order valence-corrected chi connectivity index (χ2v) is 2.62. The number of hydrogen-bond donors (Lipinski definition) is 1. The van der Waals surface area contributed by atoms with E-state index < -0.39 is 0 Å². The zero-order chi connectivity index (χ0) is 9.23. The summed E-state index contributed by atoms with van der Waals surface area (Å²) in [6, 6.07) is 0.218. The van der Waals surface area contributed by atoms with Gasteiger partial charge in [0.15, 0.2) is 0 Å². The Morgan fingerprint density at radius 2 is 2.25 bits per heavy atom. The molecule has 0 amide bonds. The summed E-state index contributed by atoms with van der Waals surface area (Å²) >= 11 is 0. The highest BCUT2D eigenvalue weighted by Crippen LogP contribution is 1.96. The predicted molar refractivity (Wildman–Crippen MR) is 52.0 cm³/mol. The van der Waals surface area contributed by atoms with Crippen LogP contribution in [0.2, 0.25) is 0 Å². The molecule has 0 bridgehead atoms. The van der Waals surface area contributed by atoms with Gasteiger partial charge < -0.3 is 10.1 Å². The van der Waals surface area contributed by atoms with E-state index in [1.165, 1.54) is 0 Å². The van der Waals surface area contributed by atoms with E-state index in [-0.39, 0.29) is 6.04 Å². The van der Waals surface area contributed by atoms with Crippen LogP contribution in [-0.4, -0.2) is 25.8 Å². The first-order valence-electron chi connectivity index (χ1n) is 4.62. The minimum Gasteiger partial charge on any atom is -0.382 e. The third kappa shape index (κ3) is 6.21. The molecule has 0 saturated carbocycles. The topological polar surface area (TPSA) is 21.3 Å². The van der Waals surface area contributed by atoms with Gasteiger partial charge in [0.2, 0.25) is 0 Å². The molecule has 12 heavy (non-hydrogen) atoms. The fraction of sp³-hybridized carbons (Fsp3) is 0.800. The monoisotopic (exact) mass is 169 g/mol. The van der Waals surface area contributed by atoms with Crippen molar-refractivity contribution in [3.05, 3.63) is 0 Å². The molecule has 0 aliphatic rings. The summed E-state index contributed by atoms with van der Waals surface area (Å²) in [7, 11) is 0. The molecule has 0 aromatic heterocycles. The second kappa shape index (κ2) is 8.58. The normalized spacial score (nSPS) is 12.4. The van der Waals surface area contributed by atoms with Crippen molar-refractivity contribution in [3.8, 4) is 12.3 Å². The van der Waals surface area contributed by atoms with Gasteiger partial charge in [-0.2, -0.15) is 0 Å². The molecule has 0 rings (SSSR count). The molecule has 0 heterocycles. The number of hydrogen-bond acceptors (Lipinski definition) is 2. The van der Waals surface area contributed by atoms with E-state index in [1.807, 2.05) is 6.92 Å². The Balaban J connectivity index is 3.27. The maximum absolute atomic E-state index is 5.32. The van der Waals surface area contributed by atoms with Crippen molar-refractivity contribution >= 4 is 0 Å². The Bertz CT molecular complexity index is 128. The van der Waals surface area contributed by atoms with Gasteiger partial charge in [0.25, 0.3) is 0 Å². The van der Waals surface area contributed by atoms with E-state index in [0.717, 1.165) is 32.6 Å². The van der Waals surface area contributed by atoms with Crippen molar-refractivity contribution in [3.63, 3.8) is 0 Å². The summed E-state index contributed by atoms with van der Waals surface area (Å²) < 4.78 is 5.21. The quantitative estimate of drug-likeness (QED) is 0.459. The van der Waals surface area contributed by atoms with E-state index in [0.29, 0.717) is 0 Å². The van der Waals surface area contributed by atoms with Crippen LogP contribution in [0.25, 0.3) is 0 Å². The summed E-state index contributed by atoms with van der Waals surface area (Å²) in [6.07, 6.45) is 7.36. The van der Waals surface area contributed by atoms with Gasteiger partial charge in [0.1, 0.15) is 0 Å². The lowest BCUT2D eigenvalue weighted by Gasteiger charge is -2.10. The summed E-state index contributed by atoms with van der Waals surface area (Å²) in [5, 5.41) is 3.22. The standard InChI is InChI=1S/C10H19NO/c1-4-10(11-5-2)8-7-9-12-6-3/h1,10-11H,5-9H2,2-3H3. The molecule has 0 radical (unpaired) electrons. The summed E-state index contributed by atoms with van der Waals surface area (Å²) in [4.78, 5) is 0. The fourth-order valence-corrected chi connectivity index (χ4v) is 1.02. The van der Waals surface area contributed by atoms with Gasteiger partial charge in [-0.25, -0.2) is 0 Å². The Labute approximate surface area is 75.7 Å². The smallest absolute Gasteiger partial charge is 0.0687 e. The lowest BCUT2D eigenvalue weighted by molar-refractivity contribution is 0.142. The van der Waals surface area contributed by atoms with Crippen molar-refractivity contribution in [1.29, 1.82) is 0 Å². The maximum Gasteiger partial charge on any atom is 0.0687 e. The second-order valence-electron chi connectivity index (χ2n) is 2.62. The summed E-state index contributed by atoms with van der Waals surface area (Å²) in [5.41, 5.74) is 0. The Morgan fingerprint density at radius 1 is 1.50 bits per heavy atom. The Hall–Kier alpha value is -0.520. The minimum absolute atomic E-state index is 0.218. The van der Waals surface area contributed by atoms with Crippen LogP contribution in [0, 0.1) is 12.3 Å². The molecule has 0 aliphatic heterocycles. The number of rotatable bonds is 7. The van der Waals surface area contributed by atoms with E-state index in [9.17, 15) is 0 Å². The molecule has 0 aliphatic carbocycles. The molecular formula is C10H19NO.